The van der Waals surface area contributed by atoms with Gasteiger partial charge in [-0.15, -0.1) is 0 Å². The van der Waals surface area contributed by atoms with Crippen molar-refractivity contribution in [1.82, 2.24) is 4.90 Å². The van der Waals surface area contributed by atoms with E-state index in [1.807, 2.05) is 0 Å². The molecule has 0 amide bonds. The minimum Gasteiger partial charge on any atom is -0.297 e. The van der Waals surface area contributed by atoms with Crippen LogP contribution < -0.4 is 0 Å². The second-order valence-corrected chi connectivity index (χ2v) is 8.16. The first-order chi connectivity index (χ1) is 10.2. The minimum atomic E-state index is 0.495. The maximum absolute atomic E-state index is 3.84. The monoisotopic (exact) mass is 357 g/mol. The fourth-order valence-electron chi connectivity index (χ4n) is 4.47. The topological polar surface area (TPSA) is 3.24 Å². The predicted octanol–water partition coefficient (Wildman–Crippen LogP) is 6.16. The largest absolute Gasteiger partial charge is 0.297 e. The zero-order valence-corrected chi connectivity index (χ0v) is 16.0. The van der Waals surface area contributed by atoms with Gasteiger partial charge in [-0.3, -0.25) is 4.90 Å². The van der Waals surface area contributed by atoms with Gasteiger partial charge in [-0.2, -0.15) is 0 Å². The smallest absolute Gasteiger partial charge is 0.01000 e. The first-order valence-electron chi connectivity index (χ1n) is 9.56. The zero-order chi connectivity index (χ0) is 15.1. The Kier molecular flexibility index (Phi) is 7.55. The summed E-state index contributed by atoms with van der Waals surface area (Å²) in [6.07, 6.45) is 17.3. The van der Waals surface area contributed by atoms with Crippen molar-refractivity contribution in [1.29, 1.82) is 0 Å². The molecule has 0 atom stereocenters. The molecular formula is C19H36BrN. The van der Waals surface area contributed by atoms with Gasteiger partial charge in [-0.05, 0) is 43.9 Å². The van der Waals surface area contributed by atoms with E-state index in [0.29, 0.717) is 5.41 Å². The first-order valence-corrected chi connectivity index (χ1v) is 10.7. The maximum atomic E-state index is 3.84. The molecular weight excluding hydrogens is 322 g/mol. The second kappa shape index (κ2) is 8.91. The van der Waals surface area contributed by atoms with Gasteiger partial charge in [0.1, 0.15) is 0 Å². The van der Waals surface area contributed by atoms with Crippen LogP contribution in [0.1, 0.15) is 90.9 Å². The van der Waals surface area contributed by atoms with Crippen molar-refractivity contribution < 1.29 is 0 Å². The quantitative estimate of drug-likeness (QED) is 0.493. The van der Waals surface area contributed by atoms with Crippen LogP contribution in [0.2, 0.25) is 0 Å². The van der Waals surface area contributed by atoms with Crippen LogP contribution in [0.5, 0.6) is 0 Å². The fraction of sp³-hybridized carbons (Fsp3) is 1.00. The molecule has 0 unspecified atom stereocenters. The molecule has 0 heterocycles. The Morgan fingerprint density at radius 3 is 1.57 bits per heavy atom. The van der Waals surface area contributed by atoms with Gasteiger partial charge < -0.3 is 0 Å². The average Bonchev–Trinajstić information content (AvgIpc) is 2.58. The van der Waals surface area contributed by atoms with E-state index in [1.54, 1.807) is 0 Å². The lowest BCUT2D eigenvalue weighted by molar-refractivity contribution is 0.0376. The van der Waals surface area contributed by atoms with Crippen molar-refractivity contribution in [3.63, 3.8) is 0 Å². The summed E-state index contributed by atoms with van der Waals surface area (Å²) in [7, 11) is 0. The van der Waals surface area contributed by atoms with Gasteiger partial charge >= 0.3 is 0 Å². The van der Waals surface area contributed by atoms with E-state index in [9.17, 15) is 0 Å². The Bertz CT molecular complexity index is 249. The molecule has 2 aliphatic carbocycles. The molecule has 1 nitrogen and oxygen atoms in total. The van der Waals surface area contributed by atoms with Crippen molar-refractivity contribution in [3.8, 4) is 0 Å². The number of rotatable bonds is 7. The summed E-state index contributed by atoms with van der Waals surface area (Å²) in [5, 5.41) is 1.17. The molecule has 2 saturated carbocycles. The van der Waals surface area contributed by atoms with Crippen LogP contribution in [0.15, 0.2) is 0 Å². The molecule has 2 fully saturated rings. The Morgan fingerprint density at radius 2 is 1.24 bits per heavy atom. The van der Waals surface area contributed by atoms with E-state index in [1.165, 1.54) is 88.9 Å². The van der Waals surface area contributed by atoms with E-state index in [0.717, 1.165) is 12.1 Å². The molecule has 2 aliphatic rings. The van der Waals surface area contributed by atoms with Crippen molar-refractivity contribution in [2.45, 2.75) is 103 Å². The lowest BCUT2D eigenvalue weighted by atomic mass is 9.81. The molecule has 21 heavy (non-hydrogen) atoms. The van der Waals surface area contributed by atoms with Gasteiger partial charge in [-0.1, -0.05) is 68.3 Å². The third kappa shape index (κ3) is 4.70. The first kappa shape index (κ1) is 17.8. The van der Waals surface area contributed by atoms with Gasteiger partial charge in [0, 0.05) is 24.0 Å². The third-order valence-corrected chi connectivity index (χ3v) is 7.58. The van der Waals surface area contributed by atoms with Crippen molar-refractivity contribution >= 4 is 15.9 Å². The highest BCUT2D eigenvalue weighted by molar-refractivity contribution is 9.09. The van der Waals surface area contributed by atoms with Gasteiger partial charge in [0.15, 0.2) is 0 Å². The third-order valence-electron chi connectivity index (χ3n) is 6.39. The van der Waals surface area contributed by atoms with Gasteiger partial charge in [0.2, 0.25) is 0 Å². The SMILES string of the molecule is CCC(CC)(CBr)CN(C1CCCCC1)C1CCCCC1. The molecule has 0 spiro atoms. The van der Waals surface area contributed by atoms with Crippen LogP contribution in [0.3, 0.4) is 0 Å². The van der Waals surface area contributed by atoms with E-state index in [2.05, 4.69) is 34.7 Å². The van der Waals surface area contributed by atoms with Crippen LogP contribution >= 0.6 is 15.9 Å². The molecule has 0 radical (unpaired) electrons. The normalized spacial score (nSPS) is 22.9. The number of hydrogen-bond donors (Lipinski definition) is 0. The van der Waals surface area contributed by atoms with Crippen LogP contribution in [-0.4, -0.2) is 28.9 Å². The second-order valence-electron chi connectivity index (χ2n) is 7.60. The minimum absolute atomic E-state index is 0.495. The molecule has 0 N–H and O–H groups in total. The molecule has 0 aromatic rings. The maximum Gasteiger partial charge on any atom is 0.01000 e. The lowest BCUT2D eigenvalue weighted by Crippen LogP contribution is -2.50. The molecule has 0 aliphatic heterocycles. The van der Waals surface area contributed by atoms with Gasteiger partial charge in [0.25, 0.3) is 0 Å². The van der Waals surface area contributed by atoms with Crippen LogP contribution in [0.4, 0.5) is 0 Å². The summed E-state index contributed by atoms with van der Waals surface area (Å²) in [4.78, 5) is 2.99. The highest BCUT2D eigenvalue weighted by Crippen LogP contribution is 2.36. The van der Waals surface area contributed by atoms with Crippen LogP contribution in [0.25, 0.3) is 0 Å². The molecule has 0 aromatic heterocycles. The number of hydrogen-bond acceptors (Lipinski definition) is 1. The van der Waals surface area contributed by atoms with E-state index in [-0.39, 0.29) is 0 Å². The highest BCUT2D eigenvalue weighted by Gasteiger charge is 2.35. The molecule has 124 valence electrons. The average molecular weight is 358 g/mol. The van der Waals surface area contributed by atoms with E-state index in [4.69, 9.17) is 0 Å². The van der Waals surface area contributed by atoms with Gasteiger partial charge in [-0.25, -0.2) is 0 Å². The molecule has 0 bridgehead atoms. The Balaban J connectivity index is 2.09. The number of nitrogens with zero attached hydrogens (tertiary/aromatic N) is 1. The molecule has 0 aromatic carbocycles. The standard InChI is InChI=1S/C19H36BrN/c1-3-19(4-2,15-20)16-21(17-11-7-5-8-12-17)18-13-9-6-10-14-18/h17-18H,3-16H2,1-2H3. The van der Waals surface area contributed by atoms with Crippen molar-refractivity contribution in [2.75, 3.05) is 11.9 Å². The number of halogens is 1. The Morgan fingerprint density at radius 1 is 0.810 bits per heavy atom. The van der Waals surface area contributed by atoms with Crippen LogP contribution in [-0.2, 0) is 0 Å². The summed E-state index contributed by atoms with van der Waals surface area (Å²) in [5.41, 5.74) is 0.495. The highest BCUT2D eigenvalue weighted by atomic mass is 79.9. The summed E-state index contributed by atoms with van der Waals surface area (Å²) in [5.74, 6) is 0. The summed E-state index contributed by atoms with van der Waals surface area (Å²) >= 11 is 3.84. The van der Waals surface area contributed by atoms with E-state index < -0.39 is 0 Å². The number of alkyl halides is 1. The van der Waals surface area contributed by atoms with Gasteiger partial charge in [0.05, 0.1) is 0 Å². The molecule has 2 rings (SSSR count). The zero-order valence-electron chi connectivity index (χ0n) is 14.4. The Labute approximate surface area is 141 Å². The van der Waals surface area contributed by atoms with Crippen molar-refractivity contribution in [3.05, 3.63) is 0 Å². The van der Waals surface area contributed by atoms with Crippen molar-refractivity contribution in [2.24, 2.45) is 5.41 Å². The van der Waals surface area contributed by atoms with E-state index >= 15 is 0 Å². The summed E-state index contributed by atoms with van der Waals surface area (Å²) in [6.45, 7) is 6.12. The Hall–Kier alpha value is 0.440. The van der Waals surface area contributed by atoms with Crippen LogP contribution in [0, 0.1) is 5.41 Å². The predicted molar refractivity (Wildman–Crippen MR) is 97.3 cm³/mol. The summed E-state index contributed by atoms with van der Waals surface area (Å²) < 4.78 is 0. The fourth-order valence-corrected chi connectivity index (χ4v) is 5.44. The molecule has 2 heteroatoms. The lowest BCUT2D eigenvalue weighted by Gasteiger charge is -2.46. The summed E-state index contributed by atoms with van der Waals surface area (Å²) in [6, 6.07) is 1.77. The molecule has 0 saturated heterocycles.